The van der Waals surface area contributed by atoms with Crippen molar-refractivity contribution in [1.82, 2.24) is 19.9 Å². The van der Waals surface area contributed by atoms with E-state index in [1.165, 1.54) is 0 Å². The van der Waals surface area contributed by atoms with Crippen LogP contribution in [0.1, 0.15) is 31.5 Å². The van der Waals surface area contributed by atoms with E-state index < -0.39 is 0 Å². The largest absolute Gasteiger partial charge is 0.341 e. The minimum absolute atomic E-state index is 0.0899. The number of aromatic nitrogens is 3. The number of carbonyl (C=O) groups is 1. The fourth-order valence-electron chi connectivity index (χ4n) is 1.57. The molecule has 2 heterocycles. The average molecular weight is 223 g/mol. The molecular weight excluding hydrogens is 206 g/mol. The zero-order chi connectivity index (χ0) is 11.5. The Bertz CT molecular complexity index is 371. The summed E-state index contributed by atoms with van der Waals surface area (Å²) in [5.74, 6) is 0.104. The summed E-state index contributed by atoms with van der Waals surface area (Å²) in [4.78, 5) is 13.5. The van der Waals surface area contributed by atoms with Gasteiger partial charge in [0.1, 0.15) is 6.54 Å². The van der Waals surface area contributed by atoms with Crippen molar-refractivity contribution in [3.8, 4) is 0 Å². The van der Waals surface area contributed by atoms with Gasteiger partial charge < -0.3 is 10.6 Å². The van der Waals surface area contributed by atoms with Gasteiger partial charge in [-0.15, -0.1) is 5.10 Å². The molecule has 1 atom stereocenters. The SMILES string of the molecule is CCC(N)c1cn(CC(=O)N2CCC2)nn1. The van der Waals surface area contributed by atoms with Crippen LogP contribution in [0.15, 0.2) is 6.20 Å². The van der Waals surface area contributed by atoms with Crippen molar-refractivity contribution in [1.29, 1.82) is 0 Å². The molecule has 1 fully saturated rings. The third kappa shape index (κ3) is 2.21. The third-order valence-corrected chi connectivity index (χ3v) is 2.88. The molecule has 6 nitrogen and oxygen atoms in total. The van der Waals surface area contributed by atoms with Gasteiger partial charge in [0.15, 0.2) is 0 Å². The van der Waals surface area contributed by atoms with E-state index in [1.807, 2.05) is 11.8 Å². The van der Waals surface area contributed by atoms with Crippen LogP contribution in [0.3, 0.4) is 0 Å². The van der Waals surface area contributed by atoms with Crippen molar-refractivity contribution in [2.75, 3.05) is 13.1 Å². The van der Waals surface area contributed by atoms with Gasteiger partial charge in [0.25, 0.3) is 0 Å². The lowest BCUT2D eigenvalue weighted by molar-refractivity contribution is -0.135. The second-order valence-corrected chi connectivity index (χ2v) is 4.09. The first-order valence-corrected chi connectivity index (χ1v) is 5.64. The highest BCUT2D eigenvalue weighted by atomic mass is 16.2. The van der Waals surface area contributed by atoms with Gasteiger partial charge in [-0.05, 0) is 12.8 Å². The van der Waals surface area contributed by atoms with E-state index in [9.17, 15) is 4.79 Å². The number of hydrogen-bond acceptors (Lipinski definition) is 4. The highest BCUT2D eigenvalue weighted by Crippen LogP contribution is 2.10. The zero-order valence-electron chi connectivity index (χ0n) is 9.46. The first-order valence-electron chi connectivity index (χ1n) is 5.64. The Kier molecular flexibility index (Phi) is 3.19. The molecule has 1 aliphatic heterocycles. The fourth-order valence-corrected chi connectivity index (χ4v) is 1.57. The molecule has 0 spiro atoms. The molecule has 1 amide bonds. The van der Waals surface area contributed by atoms with Crippen LogP contribution in [-0.4, -0.2) is 38.9 Å². The molecule has 1 aliphatic rings. The van der Waals surface area contributed by atoms with Crippen LogP contribution in [-0.2, 0) is 11.3 Å². The number of nitrogens with zero attached hydrogens (tertiary/aromatic N) is 4. The minimum atomic E-state index is -0.0899. The van der Waals surface area contributed by atoms with Crippen LogP contribution < -0.4 is 5.73 Å². The lowest BCUT2D eigenvalue weighted by atomic mass is 10.2. The van der Waals surface area contributed by atoms with Crippen LogP contribution in [0.4, 0.5) is 0 Å². The Morgan fingerprint density at radius 3 is 2.94 bits per heavy atom. The van der Waals surface area contributed by atoms with E-state index in [2.05, 4.69) is 10.3 Å². The molecule has 1 aromatic heterocycles. The Balaban J connectivity index is 1.94. The molecule has 1 saturated heterocycles. The lowest BCUT2D eigenvalue weighted by Gasteiger charge is -2.30. The van der Waals surface area contributed by atoms with Crippen molar-refractivity contribution >= 4 is 5.91 Å². The van der Waals surface area contributed by atoms with Crippen molar-refractivity contribution < 1.29 is 4.79 Å². The van der Waals surface area contributed by atoms with E-state index in [1.54, 1.807) is 10.9 Å². The summed E-state index contributed by atoms with van der Waals surface area (Å²) in [6, 6.07) is -0.0899. The topological polar surface area (TPSA) is 77.0 Å². The monoisotopic (exact) mass is 223 g/mol. The molecule has 0 bridgehead atoms. The number of nitrogens with two attached hydrogens (primary N) is 1. The lowest BCUT2D eigenvalue weighted by Crippen LogP contribution is -2.43. The molecule has 0 radical (unpaired) electrons. The fraction of sp³-hybridized carbons (Fsp3) is 0.700. The number of amides is 1. The third-order valence-electron chi connectivity index (χ3n) is 2.88. The van der Waals surface area contributed by atoms with E-state index in [4.69, 9.17) is 5.73 Å². The molecule has 1 aromatic rings. The minimum Gasteiger partial charge on any atom is -0.341 e. The van der Waals surface area contributed by atoms with Gasteiger partial charge >= 0.3 is 0 Å². The maximum absolute atomic E-state index is 11.6. The summed E-state index contributed by atoms with van der Waals surface area (Å²) in [6.45, 7) is 4.00. The van der Waals surface area contributed by atoms with Crippen LogP contribution in [0, 0.1) is 0 Å². The van der Waals surface area contributed by atoms with Gasteiger partial charge in [-0.2, -0.15) is 0 Å². The normalized spacial score (nSPS) is 17.0. The maximum Gasteiger partial charge on any atom is 0.244 e. The highest BCUT2D eigenvalue weighted by Gasteiger charge is 2.20. The van der Waals surface area contributed by atoms with Crippen molar-refractivity contribution in [2.24, 2.45) is 5.73 Å². The summed E-state index contributed by atoms with van der Waals surface area (Å²) >= 11 is 0. The standard InChI is InChI=1S/C10H17N5O/c1-2-8(11)9-6-15(13-12-9)7-10(16)14-4-3-5-14/h6,8H,2-5,7,11H2,1H3. The van der Waals surface area contributed by atoms with E-state index >= 15 is 0 Å². The molecule has 88 valence electrons. The second-order valence-electron chi connectivity index (χ2n) is 4.09. The predicted octanol–water partition coefficient (Wildman–Crippen LogP) is -0.0798. The van der Waals surface area contributed by atoms with Crippen LogP contribution in [0.2, 0.25) is 0 Å². The summed E-state index contributed by atoms with van der Waals surface area (Å²) < 4.78 is 1.56. The van der Waals surface area contributed by atoms with Gasteiger partial charge in [0, 0.05) is 13.1 Å². The maximum atomic E-state index is 11.6. The highest BCUT2D eigenvalue weighted by molar-refractivity contribution is 5.76. The van der Waals surface area contributed by atoms with E-state index in [0.29, 0.717) is 0 Å². The number of carbonyl (C=O) groups excluding carboxylic acids is 1. The van der Waals surface area contributed by atoms with E-state index in [0.717, 1.165) is 31.6 Å². The van der Waals surface area contributed by atoms with E-state index in [-0.39, 0.29) is 18.5 Å². The second kappa shape index (κ2) is 4.61. The molecule has 0 aromatic carbocycles. The van der Waals surface area contributed by atoms with Crippen LogP contribution >= 0.6 is 0 Å². The Morgan fingerprint density at radius 2 is 2.38 bits per heavy atom. The summed E-state index contributed by atoms with van der Waals surface area (Å²) in [5, 5.41) is 7.87. The Morgan fingerprint density at radius 1 is 1.62 bits per heavy atom. The van der Waals surface area contributed by atoms with Gasteiger partial charge in [0.2, 0.25) is 5.91 Å². The van der Waals surface area contributed by atoms with Gasteiger partial charge in [-0.25, -0.2) is 4.68 Å². The predicted molar refractivity (Wildman–Crippen MR) is 58.4 cm³/mol. The van der Waals surface area contributed by atoms with Crippen LogP contribution in [0.5, 0.6) is 0 Å². The molecule has 16 heavy (non-hydrogen) atoms. The first-order chi connectivity index (χ1) is 7.70. The number of rotatable bonds is 4. The first kappa shape index (κ1) is 11.1. The zero-order valence-corrected chi connectivity index (χ0v) is 9.46. The summed E-state index contributed by atoms with van der Waals surface area (Å²) in [6.07, 6.45) is 3.68. The van der Waals surface area contributed by atoms with Gasteiger partial charge in [0.05, 0.1) is 17.9 Å². The van der Waals surface area contributed by atoms with Gasteiger partial charge in [-0.1, -0.05) is 12.1 Å². The molecule has 0 aliphatic carbocycles. The molecule has 2 rings (SSSR count). The molecular formula is C10H17N5O. The molecule has 2 N–H and O–H groups in total. The molecule has 0 saturated carbocycles. The smallest absolute Gasteiger partial charge is 0.244 e. The average Bonchev–Trinajstić information content (AvgIpc) is 2.62. The molecule has 6 heteroatoms. The Hall–Kier alpha value is -1.43. The van der Waals surface area contributed by atoms with Crippen molar-refractivity contribution in [2.45, 2.75) is 32.4 Å². The van der Waals surface area contributed by atoms with Crippen molar-refractivity contribution in [3.05, 3.63) is 11.9 Å². The Labute approximate surface area is 94.4 Å². The quantitative estimate of drug-likeness (QED) is 0.774. The van der Waals surface area contributed by atoms with Gasteiger partial charge in [-0.3, -0.25) is 4.79 Å². The van der Waals surface area contributed by atoms with Crippen LogP contribution in [0.25, 0.3) is 0 Å². The molecule has 1 unspecified atom stereocenters. The number of likely N-dealkylation sites (tertiary alicyclic amines) is 1. The van der Waals surface area contributed by atoms with Crippen molar-refractivity contribution in [3.63, 3.8) is 0 Å². The summed E-state index contributed by atoms with van der Waals surface area (Å²) in [5.41, 5.74) is 6.57. The number of hydrogen-bond donors (Lipinski definition) is 1. The summed E-state index contributed by atoms with van der Waals surface area (Å²) in [7, 11) is 0.